The molecule has 0 radical (unpaired) electrons. The minimum atomic E-state index is -2.44. The van der Waals surface area contributed by atoms with Crippen molar-refractivity contribution in [1.29, 1.82) is 5.26 Å². The van der Waals surface area contributed by atoms with Gasteiger partial charge in [-0.25, -0.2) is 75.2 Å². The molecule has 1 aromatic heterocycles. The Morgan fingerprint density at radius 2 is 1.17 bits per heavy atom. The first-order valence-corrected chi connectivity index (χ1v) is 14.8. The molecule has 5 aromatic rings. The SMILES string of the molecule is [C-]#[N+]/C(C)=C1/N=c2ccc(-c3nc(-c4cc(F)cc(F)c4)nc(-c4ccc5c(c4C#N)=N/C(=C(/[N+]#[C-])c4c(F)c(F)c(F)c(F)c4F)N=5)n3)c([N+]#[C-])c2=N1. The highest BCUT2D eigenvalue weighted by molar-refractivity contribution is 5.78. The molecule has 0 aliphatic carbocycles. The van der Waals surface area contributed by atoms with Crippen LogP contribution in [-0.2, 0) is 0 Å². The number of nitriles is 1. The maximum absolute atomic E-state index is 14.7. The molecule has 54 heavy (non-hydrogen) atoms. The van der Waals surface area contributed by atoms with Crippen LogP contribution in [0.2, 0.25) is 0 Å². The van der Waals surface area contributed by atoms with Gasteiger partial charge < -0.3 is 0 Å². The Bertz CT molecular complexity index is 3040. The van der Waals surface area contributed by atoms with Gasteiger partial charge in [-0.1, -0.05) is 6.07 Å². The van der Waals surface area contributed by atoms with Crippen LogP contribution in [0.4, 0.5) is 36.4 Å². The summed E-state index contributed by atoms with van der Waals surface area (Å²) in [5.74, 6) is -15.2. The summed E-state index contributed by atoms with van der Waals surface area (Å²) in [7, 11) is 0. The molecule has 0 amide bonds. The molecule has 2 aliphatic heterocycles. The maximum Gasteiger partial charge on any atom is 0.243 e. The molecule has 18 heteroatoms. The summed E-state index contributed by atoms with van der Waals surface area (Å²) < 4.78 is 100. The Hall–Kier alpha value is -7.96. The number of hydrogen-bond donors (Lipinski definition) is 0. The van der Waals surface area contributed by atoms with Crippen LogP contribution in [0, 0.1) is 71.8 Å². The molecule has 0 saturated heterocycles. The van der Waals surface area contributed by atoms with Crippen LogP contribution in [-0.4, -0.2) is 15.0 Å². The highest BCUT2D eigenvalue weighted by Gasteiger charge is 2.31. The second kappa shape index (κ2) is 13.0. The van der Waals surface area contributed by atoms with Gasteiger partial charge in [0.2, 0.25) is 17.1 Å². The second-order valence-corrected chi connectivity index (χ2v) is 11.1. The maximum atomic E-state index is 14.7. The summed E-state index contributed by atoms with van der Waals surface area (Å²) >= 11 is 0. The van der Waals surface area contributed by atoms with Crippen LogP contribution in [0.3, 0.4) is 0 Å². The third-order valence-electron chi connectivity index (χ3n) is 7.90. The molecule has 0 spiro atoms. The quantitative estimate of drug-likeness (QED) is 0.0956. The Morgan fingerprint density at radius 3 is 1.76 bits per heavy atom. The monoisotopic (exact) mass is 729 g/mol. The number of hydrogen-bond acceptors (Lipinski definition) is 8. The number of rotatable bonds is 4. The molecule has 0 bridgehead atoms. The molecule has 11 nitrogen and oxygen atoms in total. The number of halogens is 7. The molecule has 0 unspecified atom stereocenters. The minimum Gasteiger partial charge on any atom is -0.251 e. The van der Waals surface area contributed by atoms with Crippen LogP contribution in [0.1, 0.15) is 18.1 Å². The Kier molecular flexibility index (Phi) is 8.29. The average Bonchev–Trinajstić information content (AvgIpc) is 3.81. The van der Waals surface area contributed by atoms with E-state index < -0.39 is 57.8 Å². The second-order valence-electron chi connectivity index (χ2n) is 11.1. The lowest BCUT2D eigenvalue weighted by molar-refractivity contribution is 0.376. The fourth-order valence-corrected chi connectivity index (χ4v) is 5.41. The molecule has 258 valence electrons. The van der Waals surface area contributed by atoms with Gasteiger partial charge in [0.15, 0.2) is 58.2 Å². The molecular weight excluding hydrogens is 719 g/mol. The molecule has 0 fully saturated rings. The first kappa shape index (κ1) is 34.5. The van der Waals surface area contributed by atoms with Crippen molar-refractivity contribution in [2.75, 3.05) is 0 Å². The summed E-state index contributed by atoms with van der Waals surface area (Å²) in [6.07, 6.45) is 0. The topological polar surface area (TPSA) is 125 Å². The van der Waals surface area contributed by atoms with E-state index in [9.17, 15) is 36.0 Å². The number of aromatic nitrogens is 3. The lowest BCUT2D eigenvalue weighted by Gasteiger charge is -2.10. The van der Waals surface area contributed by atoms with E-state index in [0.29, 0.717) is 6.07 Å². The minimum absolute atomic E-state index is 0.0558. The third-order valence-corrected chi connectivity index (χ3v) is 7.90. The van der Waals surface area contributed by atoms with Crippen LogP contribution in [0.25, 0.3) is 54.4 Å². The third kappa shape index (κ3) is 5.48. The van der Waals surface area contributed by atoms with Crippen molar-refractivity contribution in [2.24, 2.45) is 20.0 Å². The lowest BCUT2D eigenvalue weighted by Crippen LogP contribution is -2.26. The zero-order chi connectivity index (χ0) is 38.6. The van der Waals surface area contributed by atoms with Gasteiger partial charge in [-0.2, -0.15) is 5.26 Å². The normalized spacial score (nSPS) is 14.1. The van der Waals surface area contributed by atoms with Gasteiger partial charge >= 0.3 is 0 Å². The van der Waals surface area contributed by atoms with Gasteiger partial charge in [-0.05, 0) is 37.3 Å². The number of allylic oxidation sites excluding steroid dienone is 1. The van der Waals surface area contributed by atoms with E-state index in [1.807, 2.05) is 6.07 Å². The number of fused-ring (bicyclic) bond motifs is 2. The van der Waals surface area contributed by atoms with E-state index in [4.69, 9.17) is 19.7 Å². The highest BCUT2D eigenvalue weighted by Crippen LogP contribution is 2.33. The largest absolute Gasteiger partial charge is 0.251 e. The molecular formula is C36H10F7N11. The van der Waals surface area contributed by atoms with Crippen molar-refractivity contribution in [3.8, 4) is 40.2 Å². The smallest absolute Gasteiger partial charge is 0.243 e. The van der Waals surface area contributed by atoms with Crippen molar-refractivity contribution in [1.82, 2.24) is 15.0 Å². The van der Waals surface area contributed by atoms with Crippen LogP contribution < -0.4 is 21.4 Å². The highest BCUT2D eigenvalue weighted by atomic mass is 19.2. The summed E-state index contributed by atoms with van der Waals surface area (Å²) in [5, 5.41) is 10.2. The molecule has 2 aliphatic rings. The Balaban J connectivity index is 1.49. The van der Waals surface area contributed by atoms with E-state index in [0.717, 1.165) is 12.1 Å². The van der Waals surface area contributed by atoms with Crippen molar-refractivity contribution in [3.05, 3.63) is 167 Å². The van der Waals surface area contributed by atoms with Crippen molar-refractivity contribution < 1.29 is 30.7 Å². The van der Waals surface area contributed by atoms with Crippen molar-refractivity contribution >= 4 is 11.4 Å². The molecule has 0 atom stereocenters. The van der Waals surface area contributed by atoms with E-state index in [1.165, 1.54) is 31.2 Å². The summed E-state index contributed by atoms with van der Waals surface area (Å²) in [4.78, 5) is 39.7. The average molecular weight is 730 g/mol. The van der Waals surface area contributed by atoms with E-state index in [-0.39, 0.29) is 78.4 Å². The summed E-state index contributed by atoms with van der Waals surface area (Å²) in [6, 6.07) is 9.76. The summed E-state index contributed by atoms with van der Waals surface area (Å²) in [5.41, 5.74) is -3.24. The zero-order valence-electron chi connectivity index (χ0n) is 26.6. The van der Waals surface area contributed by atoms with Gasteiger partial charge in [0.1, 0.15) is 23.1 Å². The van der Waals surface area contributed by atoms with E-state index >= 15 is 0 Å². The van der Waals surface area contributed by atoms with Gasteiger partial charge in [-0.15, -0.1) is 0 Å². The fraction of sp³-hybridized carbons (Fsp3) is 0.0278. The van der Waals surface area contributed by atoms with Gasteiger partial charge in [0.25, 0.3) is 0 Å². The molecule has 3 heterocycles. The first-order valence-electron chi connectivity index (χ1n) is 14.8. The van der Waals surface area contributed by atoms with Crippen molar-refractivity contribution in [3.63, 3.8) is 0 Å². The van der Waals surface area contributed by atoms with Gasteiger partial charge in [-0.3, -0.25) is 4.99 Å². The van der Waals surface area contributed by atoms with Gasteiger partial charge in [0.05, 0.1) is 46.9 Å². The number of benzene rings is 4. The van der Waals surface area contributed by atoms with Crippen LogP contribution in [0.5, 0.6) is 0 Å². The molecule has 0 saturated carbocycles. The van der Waals surface area contributed by atoms with Gasteiger partial charge in [0, 0.05) is 22.8 Å². The molecule has 4 aromatic carbocycles. The summed E-state index contributed by atoms with van der Waals surface area (Å²) in [6.45, 7) is 24.2. The number of nitrogens with zero attached hydrogens (tertiary/aromatic N) is 11. The molecule has 7 rings (SSSR count). The lowest BCUT2D eigenvalue weighted by atomic mass is 10.1. The molecule has 0 N–H and O–H groups in total. The fourth-order valence-electron chi connectivity index (χ4n) is 5.41. The van der Waals surface area contributed by atoms with Crippen LogP contribution >= 0.6 is 0 Å². The Morgan fingerprint density at radius 1 is 0.630 bits per heavy atom. The zero-order valence-corrected chi connectivity index (χ0v) is 26.6. The first-order chi connectivity index (χ1) is 25.9. The predicted octanol–water partition coefficient (Wildman–Crippen LogP) is 6.13. The van der Waals surface area contributed by atoms with Crippen LogP contribution in [0.15, 0.2) is 79.8 Å². The standard InChI is InChI=1S/C36H10F7N11/c1-13(45-2)32-48-21-8-6-18(29(46-3)30(21)51-32)35-53-33(14-9-15(37)11-16(38)10-14)52-34(54-35)17-5-7-20-28(19(17)12-44)50-36(49-20)31(47-4)22-23(39)25(41)27(43)26(42)24(22)40/h5-11H,1H3/b32-13-,36-31+. The predicted molar refractivity (Wildman–Crippen MR) is 171 cm³/mol. The van der Waals surface area contributed by atoms with E-state index in [1.54, 1.807) is 0 Å². The van der Waals surface area contributed by atoms with Crippen molar-refractivity contribution in [2.45, 2.75) is 6.92 Å². The Labute approximate surface area is 296 Å². The van der Waals surface area contributed by atoms with E-state index in [2.05, 4.69) is 49.5 Å².